The second-order valence-electron chi connectivity index (χ2n) is 17.5. The summed E-state index contributed by atoms with van der Waals surface area (Å²) < 4.78 is 20.4. The van der Waals surface area contributed by atoms with Gasteiger partial charge in [-0.1, -0.05) is 30.3 Å². The highest BCUT2D eigenvalue weighted by molar-refractivity contribution is 5.98. The fourth-order valence-corrected chi connectivity index (χ4v) is 8.14. The van der Waals surface area contributed by atoms with Gasteiger partial charge in [-0.2, -0.15) is 5.21 Å². The molecule has 2 saturated carbocycles. The number of aromatic nitrogens is 4. The number of rotatable bonds is 13. The summed E-state index contributed by atoms with van der Waals surface area (Å²) in [7, 11) is 4.21. The molecule has 0 radical (unpaired) electrons. The minimum atomic E-state index is -0.965. The molecule has 1 heterocycles. The molecule has 6 rings (SSSR count). The highest BCUT2D eigenvalue weighted by atomic mass is 19.1. The highest BCUT2D eigenvalue weighted by Gasteiger charge is 2.31. The van der Waals surface area contributed by atoms with Crippen molar-refractivity contribution in [2.24, 2.45) is 11.8 Å². The molecule has 0 spiro atoms. The molecule has 1 unspecified atom stereocenters. The number of carbonyl (C=O) groups is 4. The van der Waals surface area contributed by atoms with E-state index in [4.69, 9.17) is 4.74 Å². The number of ether oxygens (including phenoxy) is 1. The molecule has 2 aliphatic rings. The monoisotopic (exact) mass is 823 g/mol. The van der Waals surface area contributed by atoms with E-state index in [1.165, 1.54) is 12.1 Å². The molecular weight excluding hydrogens is 766 g/mol. The lowest BCUT2D eigenvalue weighted by atomic mass is 9.81. The average molecular weight is 824 g/mol. The van der Waals surface area contributed by atoms with Crippen molar-refractivity contribution < 1.29 is 28.3 Å². The number of alkyl carbamates (subject to hydrolysis) is 1. The number of halogens is 1. The lowest BCUT2D eigenvalue weighted by Gasteiger charge is -2.33. The van der Waals surface area contributed by atoms with Crippen LogP contribution in [0.25, 0.3) is 22.5 Å². The molecule has 0 saturated heterocycles. The van der Waals surface area contributed by atoms with E-state index in [1.54, 1.807) is 6.07 Å². The number of aryl methyl sites for hydroxylation is 1. The van der Waals surface area contributed by atoms with Crippen LogP contribution in [-0.4, -0.2) is 93.7 Å². The summed E-state index contributed by atoms with van der Waals surface area (Å²) in [4.78, 5) is 55.2. The number of hydrogen-bond donors (Lipinski definition) is 5. The van der Waals surface area contributed by atoms with Crippen LogP contribution in [-0.2, 0) is 20.7 Å². The highest BCUT2D eigenvalue weighted by Crippen LogP contribution is 2.30. The zero-order valence-electron chi connectivity index (χ0n) is 35.4. The van der Waals surface area contributed by atoms with Crippen LogP contribution >= 0.6 is 0 Å². The molecule has 0 bridgehead atoms. The van der Waals surface area contributed by atoms with Crippen molar-refractivity contribution in [3.63, 3.8) is 0 Å². The maximum absolute atomic E-state index is 15.1. The fourth-order valence-electron chi connectivity index (χ4n) is 8.14. The van der Waals surface area contributed by atoms with E-state index < -0.39 is 29.5 Å². The number of amides is 4. The maximum Gasteiger partial charge on any atom is 0.407 e. The molecule has 4 aromatic rings. The van der Waals surface area contributed by atoms with E-state index in [-0.39, 0.29) is 53.2 Å². The number of nitrogens with one attached hydrogen (secondary N) is 5. The number of anilines is 1. The predicted octanol–water partition coefficient (Wildman–Crippen LogP) is 6.58. The first kappa shape index (κ1) is 43.9. The van der Waals surface area contributed by atoms with Gasteiger partial charge in [-0.3, -0.25) is 14.4 Å². The van der Waals surface area contributed by atoms with Gasteiger partial charge in [-0.15, -0.1) is 10.2 Å². The van der Waals surface area contributed by atoms with Gasteiger partial charge in [-0.25, -0.2) is 9.18 Å². The van der Waals surface area contributed by atoms with Crippen LogP contribution in [0.2, 0.25) is 0 Å². The van der Waals surface area contributed by atoms with Gasteiger partial charge in [0.15, 0.2) is 0 Å². The number of benzene rings is 3. The van der Waals surface area contributed by atoms with Crippen molar-refractivity contribution in [2.75, 3.05) is 26.0 Å². The van der Waals surface area contributed by atoms with Gasteiger partial charge in [-0.05, 0) is 157 Å². The van der Waals surface area contributed by atoms with E-state index in [2.05, 4.69) is 60.9 Å². The Morgan fingerprint density at radius 1 is 0.900 bits per heavy atom. The van der Waals surface area contributed by atoms with Crippen LogP contribution in [0.5, 0.6) is 0 Å². The zero-order valence-corrected chi connectivity index (χ0v) is 35.4. The molecule has 4 amide bonds. The summed E-state index contributed by atoms with van der Waals surface area (Å²) in [5, 5.41) is 25.3. The summed E-state index contributed by atoms with van der Waals surface area (Å²) in [6, 6.07) is 17.5. The topological polar surface area (TPSA) is 183 Å². The molecule has 60 heavy (non-hydrogen) atoms. The van der Waals surface area contributed by atoms with Crippen LogP contribution in [0.1, 0.15) is 93.6 Å². The van der Waals surface area contributed by atoms with Gasteiger partial charge in [0.1, 0.15) is 17.5 Å². The van der Waals surface area contributed by atoms with Gasteiger partial charge in [0.05, 0.1) is 5.56 Å². The smallest absolute Gasteiger partial charge is 0.407 e. The standard InChI is InChI=1S/C45H58FN9O5/c1-27-23-32(42(57)48-33-16-19-35(20-17-33)55(5)6)15-21-36(27)30-11-7-28(8-12-30)24-39(43(58)49-34-18-22-37(38(46)25-34)40-51-53-54-52-40)50-41(56)31-13-9-29(10-14-31)26-47-44(59)60-45(2,3)4/h7-8,11-12,15,18,21-23,25,29,31,33,35,39H,9-10,13-14,16-17,19-20,24,26H2,1-6H3,(H,47,59)(H,48,57)(H,49,58)(H,50,56)(H,51,52,53,54)/t29-,31-,33?,35?,39?. The number of hydrogen-bond acceptors (Lipinski definition) is 9. The fraction of sp³-hybridized carbons (Fsp3) is 0.489. The normalized spacial score (nSPS) is 19.9. The third-order valence-corrected chi connectivity index (χ3v) is 11.6. The SMILES string of the molecule is Cc1cc(C(=O)NC2CCC(N(C)C)CC2)ccc1-c1ccc(CC(NC(=O)[C@H]2CC[C@H](CNC(=O)OC(C)(C)C)CC2)C(=O)Nc2ccc(-c3nn[nH]n3)c(F)c2)cc1. The minimum Gasteiger partial charge on any atom is -0.444 e. The molecule has 2 fully saturated rings. The summed E-state index contributed by atoms with van der Waals surface area (Å²) in [5.41, 5.74) is 4.07. The molecule has 15 heteroatoms. The second kappa shape index (κ2) is 19.6. The van der Waals surface area contributed by atoms with Gasteiger partial charge >= 0.3 is 6.09 Å². The molecule has 320 valence electrons. The Morgan fingerprint density at radius 3 is 2.22 bits per heavy atom. The summed E-state index contributed by atoms with van der Waals surface area (Å²) >= 11 is 0. The number of H-pyrrole nitrogens is 1. The quantitative estimate of drug-likeness (QED) is 0.0995. The Hall–Kier alpha value is -5.70. The van der Waals surface area contributed by atoms with E-state index in [0.717, 1.165) is 60.8 Å². The third-order valence-electron chi connectivity index (χ3n) is 11.6. The molecule has 1 atom stereocenters. The number of carbonyl (C=O) groups excluding carboxylic acids is 4. The van der Waals surface area contributed by atoms with Gasteiger partial charge < -0.3 is 30.9 Å². The first-order valence-corrected chi connectivity index (χ1v) is 20.9. The van der Waals surface area contributed by atoms with Crippen molar-refractivity contribution in [1.29, 1.82) is 0 Å². The maximum atomic E-state index is 15.1. The Labute approximate surface area is 351 Å². The second-order valence-corrected chi connectivity index (χ2v) is 17.5. The predicted molar refractivity (Wildman–Crippen MR) is 227 cm³/mol. The van der Waals surface area contributed by atoms with Crippen LogP contribution in [0, 0.1) is 24.6 Å². The molecule has 2 aliphatic carbocycles. The number of aromatic amines is 1. The Balaban J connectivity index is 1.10. The van der Waals surface area contributed by atoms with Crippen molar-refractivity contribution in [3.05, 3.63) is 83.2 Å². The molecular formula is C45H58FN9O5. The third kappa shape index (κ3) is 12.0. The number of tetrazole rings is 1. The van der Waals surface area contributed by atoms with E-state index >= 15 is 4.39 Å². The summed E-state index contributed by atoms with van der Waals surface area (Å²) in [6.45, 7) is 7.89. The van der Waals surface area contributed by atoms with Gasteiger partial charge in [0.25, 0.3) is 5.91 Å². The Kier molecular flexibility index (Phi) is 14.3. The van der Waals surface area contributed by atoms with Gasteiger partial charge in [0, 0.05) is 42.2 Å². The van der Waals surface area contributed by atoms with Crippen LogP contribution < -0.4 is 21.3 Å². The van der Waals surface area contributed by atoms with Crippen LogP contribution in [0.15, 0.2) is 60.7 Å². The zero-order chi connectivity index (χ0) is 43.0. The molecule has 1 aromatic heterocycles. The average Bonchev–Trinajstić information content (AvgIpc) is 3.75. The largest absolute Gasteiger partial charge is 0.444 e. The lowest BCUT2D eigenvalue weighted by Crippen LogP contribution is -2.48. The summed E-state index contributed by atoms with van der Waals surface area (Å²) in [5.74, 6) is -1.45. The van der Waals surface area contributed by atoms with Crippen LogP contribution in [0.4, 0.5) is 14.9 Å². The molecule has 3 aromatic carbocycles. The minimum absolute atomic E-state index is 0.0615. The first-order chi connectivity index (χ1) is 28.6. The van der Waals surface area contributed by atoms with E-state index in [1.807, 2.05) is 70.2 Å². The van der Waals surface area contributed by atoms with Crippen LogP contribution in [0.3, 0.4) is 0 Å². The molecule has 14 nitrogen and oxygen atoms in total. The lowest BCUT2D eigenvalue weighted by molar-refractivity contribution is -0.130. The molecule has 5 N–H and O–H groups in total. The van der Waals surface area contributed by atoms with E-state index in [9.17, 15) is 19.2 Å². The Bertz CT molecular complexity index is 2100. The van der Waals surface area contributed by atoms with Crippen molar-refractivity contribution >= 4 is 29.5 Å². The van der Waals surface area contributed by atoms with E-state index in [0.29, 0.717) is 31.0 Å². The number of nitrogens with zero attached hydrogens (tertiary/aromatic N) is 4. The molecule has 0 aliphatic heterocycles. The van der Waals surface area contributed by atoms with Gasteiger partial charge in [0.2, 0.25) is 17.6 Å². The van der Waals surface area contributed by atoms with Crippen molar-refractivity contribution in [3.8, 4) is 22.5 Å². The summed E-state index contributed by atoms with van der Waals surface area (Å²) in [6.07, 6.45) is 6.49. The van der Waals surface area contributed by atoms with Crippen molar-refractivity contribution in [2.45, 2.75) is 109 Å². The first-order valence-electron chi connectivity index (χ1n) is 20.9. The Morgan fingerprint density at radius 2 is 1.60 bits per heavy atom. The van der Waals surface area contributed by atoms with Crippen molar-refractivity contribution in [1.82, 2.24) is 41.5 Å².